The van der Waals surface area contributed by atoms with Crippen molar-refractivity contribution >= 4 is 0 Å². The van der Waals surface area contributed by atoms with Crippen LogP contribution in [0.1, 0.15) is 50.7 Å². The van der Waals surface area contributed by atoms with Gasteiger partial charge in [-0.25, -0.2) is 0 Å². The quantitative estimate of drug-likeness (QED) is 0.636. The lowest BCUT2D eigenvalue weighted by molar-refractivity contribution is 0.117. The first-order valence-corrected chi connectivity index (χ1v) is 8.14. The average molecular weight is 296 g/mol. The Morgan fingerprint density at radius 3 is 2.76 bits per heavy atom. The second-order valence-electron chi connectivity index (χ2n) is 5.69. The molecule has 1 aromatic heterocycles. The van der Waals surface area contributed by atoms with Gasteiger partial charge in [0.1, 0.15) is 11.5 Å². The zero-order valence-corrected chi connectivity index (χ0v) is 14.4. The molecule has 0 fully saturated rings. The fourth-order valence-corrected chi connectivity index (χ4v) is 2.36. The minimum absolute atomic E-state index is 0.552. The molecule has 1 aromatic rings. The fourth-order valence-electron chi connectivity index (χ4n) is 2.36. The Balaban J connectivity index is 2.64. The fraction of sp³-hybridized carbons (Fsp3) is 0.765. The average Bonchev–Trinajstić information content (AvgIpc) is 2.83. The Bertz CT molecular complexity index is 390. The molecular weight excluding hydrogens is 264 g/mol. The number of furan rings is 1. The van der Waals surface area contributed by atoms with E-state index < -0.39 is 0 Å². The van der Waals surface area contributed by atoms with Crippen LogP contribution in [0.5, 0.6) is 0 Å². The van der Waals surface area contributed by atoms with E-state index in [4.69, 9.17) is 9.15 Å². The highest BCUT2D eigenvalue weighted by molar-refractivity contribution is 5.20. The summed E-state index contributed by atoms with van der Waals surface area (Å²) in [7, 11) is 1.76. The molecule has 0 amide bonds. The van der Waals surface area contributed by atoms with E-state index in [9.17, 15) is 0 Å². The molecule has 122 valence electrons. The number of hydrogen-bond donors (Lipinski definition) is 1. The van der Waals surface area contributed by atoms with E-state index in [0.29, 0.717) is 6.04 Å². The van der Waals surface area contributed by atoms with Crippen molar-refractivity contribution in [2.45, 2.75) is 59.7 Å². The molecule has 0 saturated heterocycles. The van der Waals surface area contributed by atoms with E-state index in [0.717, 1.165) is 57.1 Å². The summed E-state index contributed by atoms with van der Waals surface area (Å²) in [6.45, 7) is 13.2. The van der Waals surface area contributed by atoms with Crippen molar-refractivity contribution < 1.29 is 9.15 Å². The van der Waals surface area contributed by atoms with Crippen molar-refractivity contribution in [3.05, 3.63) is 23.2 Å². The lowest BCUT2D eigenvalue weighted by Gasteiger charge is -2.27. The minimum Gasteiger partial charge on any atom is -0.465 e. The molecule has 0 aliphatic carbocycles. The van der Waals surface area contributed by atoms with E-state index in [1.807, 2.05) is 0 Å². The molecule has 0 aliphatic rings. The molecule has 1 atom stereocenters. The smallest absolute Gasteiger partial charge is 0.118 e. The third-order valence-corrected chi connectivity index (χ3v) is 3.97. The van der Waals surface area contributed by atoms with Crippen LogP contribution in [0.25, 0.3) is 0 Å². The van der Waals surface area contributed by atoms with E-state index in [1.54, 1.807) is 7.11 Å². The number of methoxy groups -OCH3 is 1. The van der Waals surface area contributed by atoms with Gasteiger partial charge in [0, 0.05) is 31.8 Å². The van der Waals surface area contributed by atoms with Gasteiger partial charge >= 0.3 is 0 Å². The molecule has 1 N–H and O–H groups in total. The summed E-state index contributed by atoms with van der Waals surface area (Å²) in [5, 5.41) is 3.39. The molecule has 1 rings (SSSR count). The number of rotatable bonds is 11. The summed E-state index contributed by atoms with van der Waals surface area (Å²) >= 11 is 0. The molecule has 21 heavy (non-hydrogen) atoms. The van der Waals surface area contributed by atoms with Crippen LogP contribution in [0, 0.1) is 6.92 Å². The third kappa shape index (κ3) is 6.20. The number of hydrogen-bond acceptors (Lipinski definition) is 4. The van der Waals surface area contributed by atoms with Crippen molar-refractivity contribution in [1.29, 1.82) is 0 Å². The predicted molar refractivity (Wildman–Crippen MR) is 87.5 cm³/mol. The van der Waals surface area contributed by atoms with Crippen molar-refractivity contribution in [3.8, 4) is 0 Å². The molecule has 4 nitrogen and oxygen atoms in total. The highest BCUT2D eigenvalue weighted by atomic mass is 16.5. The van der Waals surface area contributed by atoms with Crippen molar-refractivity contribution in [1.82, 2.24) is 10.2 Å². The van der Waals surface area contributed by atoms with Gasteiger partial charge in [0.15, 0.2) is 0 Å². The summed E-state index contributed by atoms with van der Waals surface area (Å²) in [6.07, 6.45) is 2.29. The van der Waals surface area contributed by atoms with Crippen LogP contribution in [-0.2, 0) is 17.8 Å². The standard InChI is InChI=1S/C17H32N2O2/c1-6-8-18-12-17-11-16(15(4)21-17)13-19(9-10-20-5)14(3)7-2/h11,14,18H,6-10,12-13H2,1-5H3. The molecule has 4 heteroatoms. The maximum absolute atomic E-state index is 5.86. The molecule has 1 unspecified atom stereocenters. The lowest BCUT2D eigenvalue weighted by atomic mass is 10.1. The first-order valence-electron chi connectivity index (χ1n) is 8.14. The van der Waals surface area contributed by atoms with Gasteiger partial charge in [0.05, 0.1) is 13.2 Å². The van der Waals surface area contributed by atoms with Crippen LogP contribution in [-0.4, -0.2) is 37.7 Å². The lowest BCUT2D eigenvalue weighted by Crippen LogP contribution is -2.34. The highest BCUT2D eigenvalue weighted by Gasteiger charge is 2.16. The van der Waals surface area contributed by atoms with Gasteiger partial charge in [0.2, 0.25) is 0 Å². The van der Waals surface area contributed by atoms with E-state index >= 15 is 0 Å². The Labute approximate surface area is 129 Å². The van der Waals surface area contributed by atoms with Crippen molar-refractivity contribution in [2.75, 3.05) is 26.8 Å². The molecule has 0 aromatic carbocycles. The monoisotopic (exact) mass is 296 g/mol. The van der Waals surface area contributed by atoms with E-state index in [2.05, 4.69) is 44.0 Å². The van der Waals surface area contributed by atoms with Crippen LogP contribution in [0.15, 0.2) is 10.5 Å². The normalized spacial score (nSPS) is 13.0. The highest BCUT2D eigenvalue weighted by Crippen LogP contribution is 2.18. The van der Waals surface area contributed by atoms with Gasteiger partial charge in [-0.15, -0.1) is 0 Å². The van der Waals surface area contributed by atoms with Crippen LogP contribution in [0.2, 0.25) is 0 Å². The zero-order valence-electron chi connectivity index (χ0n) is 14.4. The summed E-state index contributed by atoms with van der Waals surface area (Å²) < 4.78 is 11.1. The summed E-state index contributed by atoms with van der Waals surface area (Å²) in [4.78, 5) is 2.46. The first-order chi connectivity index (χ1) is 10.1. The number of nitrogens with zero attached hydrogens (tertiary/aromatic N) is 1. The Hall–Kier alpha value is -0.840. The second-order valence-corrected chi connectivity index (χ2v) is 5.69. The number of ether oxygens (including phenoxy) is 1. The number of nitrogens with one attached hydrogen (secondary N) is 1. The summed E-state index contributed by atoms with van der Waals surface area (Å²) in [5.41, 5.74) is 1.29. The van der Waals surface area contributed by atoms with Crippen molar-refractivity contribution in [3.63, 3.8) is 0 Å². The zero-order chi connectivity index (χ0) is 15.7. The summed E-state index contributed by atoms with van der Waals surface area (Å²) in [6, 6.07) is 2.75. The largest absolute Gasteiger partial charge is 0.465 e. The van der Waals surface area contributed by atoms with Crippen LogP contribution in [0.4, 0.5) is 0 Å². The van der Waals surface area contributed by atoms with Gasteiger partial charge < -0.3 is 14.5 Å². The molecule has 0 spiro atoms. The van der Waals surface area contributed by atoms with Gasteiger partial charge in [-0.2, -0.15) is 0 Å². The number of aryl methyl sites for hydroxylation is 1. The maximum Gasteiger partial charge on any atom is 0.118 e. The second kappa shape index (κ2) is 9.98. The Morgan fingerprint density at radius 1 is 1.38 bits per heavy atom. The minimum atomic E-state index is 0.552. The van der Waals surface area contributed by atoms with Crippen LogP contribution >= 0.6 is 0 Å². The molecule has 1 heterocycles. The van der Waals surface area contributed by atoms with Crippen LogP contribution < -0.4 is 5.32 Å². The topological polar surface area (TPSA) is 37.6 Å². The van der Waals surface area contributed by atoms with Gasteiger partial charge in [-0.3, -0.25) is 4.90 Å². The first kappa shape index (κ1) is 18.2. The summed E-state index contributed by atoms with van der Waals surface area (Å²) in [5.74, 6) is 2.07. The van der Waals surface area contributed by atoms with E-state index in [1.165, 1.54) is 5.56 Å². The molecule has 0 saturated carbocycles. The third-order valence-electron chi connectivity index (χ3n) is 3.97. The van der Waals surface area contributed by atoms with Gasteiger partial charge in [0.25, 0.3) is 0 Å². The molecule has 0 aliphatic heterocycles. The van der Waals surface area contributed by atoms with E-state index in [-0.39, 0.29) is 0 Å². The van der Waals surface area contributed by atoms with Crippen LogP contribution in [0.3, 0.4) is 0 Å². The SMILES string of the molecule is CCCNCc1cc(CN(CCOC)C(C)CC)c(C)o1. The van der Waals surface area contributed by atoms with Gasteiger partial charge in [-0.05, 0) is 39.3 Å². The molecular formula is C17H32N2O2. The molecule has 0 radical (unpaired) electrons. The predicted octanol–water partition coefficient (Wildman–Crippen LogP) is 3.33. The Kier molecular flexibility index (Phi) is 8.66. The van der Waals surface area contributed by atoms with Crippen molar-refractivity contribution in [2.24, 2.45) is 0 Å². The molecule has 0 bridgehead atoms. The maximum atomic E-state index is 5.86. The van der Waals surface area contributed by atoms with Gasteiger partial charge in [-0.1, -0.05) is 13.8 Å². The Morgan fingerprint density at radius 2 is 2.14 bits per heavy atom.